The zero-order chi connectivity index (χ0) is 9.42. The molecule has 0 saturated carbocycles. The van der Waals surface area contributed by atoms with E-state index in [-0.39, 0.29) is 5.02 Å². The van der Waals surface area contributed by atoms with Crippen molar-refractivity contribution in [1.82, 2.24) is 4.98 Å². The van der Waals surface area contributed by atoms with Gasteiger partial charge in [-0.05, 0) is 12.1 Å². The number of halogens is 2. The zero-order valence-electron chi connectivity index (χ0n) is 6.47. The molecule has 0 aliphatic rings. The van der Waals surface area contributed by atoms with Crippen molar-refractivity contribution in [3.63, 3.8) is 0 Å². The number of fused-ring (bicyclic) bond motifs is 1. The summed E-state index contributed by atoms with van der Waals surface area (Å²) in [7, 11) is 0. The van der Waals surface area contributed by atoms with E-state index < -0.39 is 5.82 Å². The van der Waals surface area contributed by atoms with Crippen LogP contribution < -0.4 is 0 Å². The number of rotatable bonds is 1. The highest BCUT2D eigenvalue weighted by Gasteiger charge is 2.07. The van der Waals surface area contributed by atoms with E-state index in [2.05, 4.69) is 4.98 Å². The van der Waals surface area contributed by atoms with Crippen LogP contribution in [0, 0.1) is 5.82 Å². The van der Waals surface area contributed by atoms with E-state index in [0.717, 1.165) is 0 Å². The molecule has 0 fully saturated rings. The third-order valence-corrected chi connectivity index (χ3v) is 2.08. The molecule has 66 valence electrons. The molecule has 0 saturated heterocycles. The summed E-state index contributed by atoms with van der Waals surface area (Å²) in [5.74, 6) is -0.449. The average molecular weight is 198 g/mol. The maximum absolute atomic E-state index is 13.2. The minimum Gasteiger partial charge on any atom is -0.358 e. The first-order valence-corrected chi connectivity index (χ1v) is 4.01. The van der Waals surface area contributed by atoms with Gasteiger partial charge in [-0.2, -0.15) is 0 Å². The Morgan fingerprint density at radius 2 is 2.23 bits per heavy atom. The van der Waals surface area contributed by atoms with E-state index in [1.807, 2.05) is 0 Å². The van der Waals surface area contributed by atoms with E-state index in [4.69, 9.17) is 11.6 Å². The van der Waals surface area contributed by atoms with Crippen molar-refractivity contribution in [1.29, 1.82) is 0 Å². The summed E-state index contributed by atoms with van der Waals surface area (Å²) in [6, 6.07) is 2.76. The largest absolute Gasteiger partial charge is 0.358 e. The number of aldehydes is 1. The quantitative estimate of drug-likeness (QED) is 0.701. The Kier molecular flexibility index (Phi) is 1.81. The second-order valence-corrected chi connectivity index (χ2v) is 3.11. The molecule has 13 heavy (non-hydrogen) atoms. The Morgan fingerprint density at radius 3 is 2.92 bits per heavy atom. The van der Waals surface area contributed by atoms with E-state index in [1.54, 1.807) is 6.07 Å². The number of carbonyl (C=O) groups is 1. The normalized spacial score (nSPS) is 10.6. The van der Waals surface area contributed by atoms with Gasteiger partial charge in [-0.25, -0.2) is 4.39 Å². The number of hydrogen-bond acceptors (Lipinski definition) is 1. The Labute approximate surface area is 78.3 Å². The molecular formula is C9H5ClFNO. The van der Waals surface area contributed by atoms with Crippen molar-refractivity contribution >= 4 is 28.8 Å². The second kappa shape index (κ2) is 2.85. The summed E-state index contributed by atoms with van der Waals surface area (Å²) in [6.07, 6.45) is 2.12. The molecule has 0 amide bonds. The van der Waals surface area contributed by atoms with Crippen molar-refractivity contribution in [3.05, 3.63) is 34.7 Å². The first-order chi connectivity index (χ1) is 6.22. The molecule has 4 heteroatoms. The van der Waals surface area contributed by atoms with Crippen molar-refractivity contribution in [3.8, 4) is 0 Å². The number of hydrogen-bond donors (Lipinski definition) is 1. The lowest BCUT2D eigenvalue weighted by molar-refractivity contribution is 0.112. The van der Waals surface area contributed by atoms with Crippen molar-refractivity contribution < 1.29 is 9.18 Å². The van der Waals surface area contributed by atoms with Gasteiger partial charge in [0.15, 0.2) is 6.29 Å². The molecule has 0 radical (unpaired) electrons. The molecule has 1 N–H and O–H groups in total. The minimum atomic E-state index is -0.449. The van der Waals surface area contributed by atoms with Crippen LogP contribution in [0.4, 0.5) is 4.39 Å². The predicted molar refractivity (Wildman–Crippen MR) is 48.7 cm³/mol. The molecule has 0 aliphatic heterocycles. The van der Waals surface area contributed by atoms with Gasteiger partial charge < -0.3 is 4.98 Å². The Balaban J connectivity index is 2.89. The van der Waals surface area contributed by atoms with Gasteiger partial charge in [0.05, 0.1) is 5.52 Å². The molecular weight excluding hydrogens is 193 g/mol. The smallest absolute Gasteiger partial charge is 0.152 e. The third kappa shape index (κ3) is 1.21. The topological polar surface area (TPSA) is 32.9 Å². The van der Waals surface area contributed by atoms with Crippen LogP contribution in [-0.4, -0.2) is 11.3 Å². The number of H-pyrrole nitrogens is 1. The van der Waals surface area contributed by atoms with Gasteiger partial charge in [0.1, 0.15) is 5.82 Å². The fourth-order valence-corrected chi connectivity index (χ4v) is 1.48. The van der Waals surface area contributed by atoms with Crippen LogP contribution in [0.25, 0.3) is 10.9 Å². The highest BCUT2D eigenvalue weighted by Crippen LogP contribution is 2.24. The van der Waals surface area contributed by atoms with Crippen LogP contribution in [0.1, 0.15) is 10.4 Å². The van der Waals surface area contributed by atoms with E-state index in [1.165, 1.54) is 12.3 Å². The van der Waals surface area contributed by atoms with Gasteiger partial charge in [0.2, 0.25) is 0 Å². The highest BCUT2D eigenvalue weighted by molar-refractivity contribution is 6.31. The maximum atomic E-state index is 13.2. The van der Waals surface area contributed by atoms with Gasteiger partial charge in [0, 0.05) is 22.2 Å². The lowest BCUT2D eigenvalue weighted by atomic mass is 10.2. The van der Waals surface area contributed by atoms with Crippen molar-refractivity contribution in [2.45, 2.75) is 0 Å². The van der Waals surface area contributed by atoms with E-state index in [9.17, 15) is 9.18 Å². The highest BCUT2D eigenvalue weighted by atomic mass is 35.5. The Bertz CT molecular complexity index is 478. The monoisotopic (exact) mass is 197 g/mol. The summed E-state index contributed by atoms with van der Waals surface area (Å²) >= 11 is 5.64. The van der Waals surface area contributed by atoms with Crippen LogP contribution in [-0.2, 0) is 0 Å². The predicted octanol–water partition coefficient (Wildman–Crippen LogP) is 2.77. The number of aromatic nitrogens is 1. The molecule has 0 aliphatic carbocycles. The lowest BCUT2D eigenvalue weighted by Crippen LogP contribution is -1.79. The number of nitrogens with one attached hydrogen (secondary N) is 1. The average Bonchev–Trinajstić information content (AvgIpc) is 2.47. The van der Waals surface area contributed by atoms with Gasteiger partial charge in [0.25, 0.3) is 0 Å². The number of benzene rings is 1. The summed E-state index contributed by atoms with van der Waals surface area (Å²) in [5, 5.41) is 0.799. The molecule has 2 rings (SSSR count). The molecule has 2 aromatic rings. The molecule has 0 unspecified atom stereocenters. The summed E-state index contributed by atoms with van der Waals surface area (Å²) < 4.78 is 13.2. The van der Waals surface area contributed by atoms with Crippen LogP contribution >= 0.6 is 11.6 Å². The zero-order valence-corrected chi connectivity index (χ0v) is 7.23. The summed E-state index contributed by atoms with van der Waals surface area (Å²) in [4.78, 5) is 13.2. The van der Waals surface area contributed by atoms with Crippen LogP contribution in [0.3, 0.4) is 0 Å². The molecule has 1 aromatic carbocycles. The SMILES string of the molecule is O=Cc1c[nH]c2c(F)cc(Cl)cc12. The standard InChI is InChI=1S/C9H5ClFNO/c10-6-1-7-5(4-13)3-12-9(7)8(11)2-6/h1-4,12H. The first kappa shape index (κ1) is 8.26. The minimum absolute atomic E-state index is 0.285. The number of carbonyl (C=O) groups excluding carboxylic acids is 1. The molecule has 2 nitrogen and oxygen atoms in total. The molecule has 0 bridgehead atoms. The van der Waals surface area contributed by atoms with Gasteiger partial charge in [-0.1, -0.05) is 11.6 Å². The van der Waals surface area contributed by atoms with Gasteiger partial charge in [-0.15, -0.1) is 0 Å². The number of aromatic amines is 1. The van der Waals surface area contributed by atoms with Crippen LogP contribution in [0.2, 0.25) is 5.02 Å². The van der Waals surface area contributed by atoms with Crippen LogP contribution in [0.15, 0.2) is 18.3 Å². The fraction of sp³-hybridized carbons (Fsp3) is 0. The maximum Gasteiger partial charge on any atom is 0.152 e. The van der Waals surface area contributed by atoms with Crippen molar-refractivity contribution in [2.24, 2.45) is 0 Å². The van der Waals surface area contributed by atoms with Gasteiger partial charge >= 0.3 is 0 Å². The molecule has 0 atom stereocenters. The van der Waals surface area contributed by atoms with Crippen molar-refractivity contribution in [2.75, 3.05) is 0 Å². The first-order valence-electron chi connectivity index (χ1n) is 3.63. The molecule has 0 spiro atoms. The molecule has 1 heterocycles. The van der Waals surface area contributed by atoms with Crippen LogP contribution in [0.5, 0.6) is 0 Å². The van der Waals surface area contributed by atoms with E-state index >= 15 is 0 Å². The van der Waals surface area contributed by atoms with Gasteiger partial charge in [-0.3, -0.25) is 4.79 Å². The van der Waals surface area contributed by atoms with E-state index in [0.29, 0.717) is 22.8 Å². The summed E-state index contributed by atoms with van der Waals surface area (Å²) in [5.41, 5.74) is 0.725. The Hall–Kier alpha value is -1.35. The summed E-state index contributed by atoms with van der Waals surface area (Å²) in [6.45, 7) is 0. The third-order valence-electron chi connectivity index (χ3n) is 1.86. The fourth-order valence-electron chi connectivity index (χ4n) is 1.27. The Morgan fingerprint density at radius 1 is 1.46 bits per heavy atom. The lowest BCUT2D eigenvalue weighted by Gasteiger charge is -1.94. The molecule has 1 aromatic heterocycles. The second-order valence-electron chi connectivity index (χ2n) is 2.67.